The molecule has 0 aliphatic carbocycles. The van der Waals surface area contributed by atoms with Crippen LogP contribution in [0.15, 0.2) is 49.1 Å². The van der Waals surface area contributed by atoms with Crippen molar-refractivity contribution in [1.82, 2.24) is 9.97 Å². The van der Waals surface area contributed by atoms with Crippen LogP contribution in [0.25, 0.3) is 0 Å². The van der Waals surface area contributed by atoms with Gasteiger partial charge >= 0.3 is 0 Å². The predicted octanol–water partition coefficient (Wildman–Crippen LogP) is 1.22. The molecule has 0 aromatic carbocycles. The highest BCUT2D eigenvalue weighted by Gasteiger charge is 2.00. The van der Waals surface area contributed by atoms with Crippen LogP contribution in [0.5, 0.6) is 0 Å². The van der Waals surface area contributed by atoms with Crippen LogP contribution in [-0.2, 0) is 27.1 Å². The quantitative estimate of drug-likeness (QED) is 0.804. The maximum atomic E-state index is 10.6. The van der Waals surface area contributed by atoms with Crippen molar-refractivity contribution in [1.29, 1.82) is 0 Å². The second-order valence-electron chi connectivity index (χ2n) is 4.47. The van der Waals surface area contributed by atoms with E-state index < -0.39 is 10.1 Å². The zero-order valence-electron chi connectivity index (χ0n) is 12.4. The third-order valence-electron chi connectivity index (χ3n) is 2.53. The number of nitrogens with zero attached hydrogens (tertiary/aromatic N) is 2. The van der Waals surface area contributed by atoms with Crippen molar-refractivity contribution in [3.63, 3.8) is 0 Å². The fourth-order valence-electron chi connectivity index (χ4n) is 1.53. The van der Waals surface area contributed by atoms with E-state index in [0.717, 1.165) is 17.4 Å². The highest BCUT2D eigenvalue weighted by molar-refractivity contribution is 7.85. The van der Waals surface area contributed by atoms with Gasteiger partial charge in [-0.05, 0) is 36.1 Å². The summed E-state index contributed by atoms with van der Waals surface area (Å²) in [6.07, 6.45) is 9.13. The van der Waals surface area contributed by atoms with Gasteiger partial charge in [-0.15, -0.1) is 0 Å². The third-order valence-corrected chi connectivity index (χ3v) is 3.13. The highest BCUT2D eigenvalue weighted by Crippen LogP contribution is 1.98. The van der Waals surface area contributed by atoms with E-state index in [1.165, 1.54) is 0 Å². The van der Waals surface area contributed by atoms with Crippen LogP contribution in [-0.4, -0.2) is 43.0 Å². The molecule has 0 aliphatic heterocycles. The van der Waals surface area contributed by atoms with Gasteiger partial charge in [-0.2, -0.15) is 8.42 Å². The Hall–Kier alpha value is -1.83. The van der Waals surface area contributed by atoms with Crippen molar-refractivity contribution in [2.45, 2.75) is 12.8 Å². The van der Waals surface area contributed by atoms with E-state index >= 15 is 0 Å². The minimum absolute atomic E-state index is 0.171. The van der Waals surface area contributed by atoms with Gasteiger partial charge in [0.15, 0.2) is 0 Å². The molecular formula is C15H20N2O4S. The van der Waals surface area contributed by atoms with Crippen molar-refractivity contribution in [3.8, 4) is 0 Å². The summed E-state index contributed by atoms with van der Waals surface area (Å²) in [5.41, 5.74) is 2.05. The molecule has 0 radical (unpaired) electrons. The van der Waals surface area contributed by atoms with Crippen LogP contribution in [0.1, 0.15) is 11.1 Å². The van der Waals surface area contributed by atoms with Gasteiger partial charge in [-0.1, -0.05) is 12.1 Å². The number of hydrogen-bond acceptors (Lipinski definition) is 6. The first kappa shape index (κ1) is 18.2. The molecule has 1 N–H and O–H groups in total. The summed E-state index contributed by atoms with van der Waals surface area (Å²) in [4.78, 5) is 7.79. The summed E-state index contributed by atoms with van der Waals surface area (Å²) < 4.78 is 25.7. The van der Waals surface area contributed by atoms with Crippen LogP contribution in [0, 0.1) is 0 Å². The lowest BCUT2D eigenvalue weighted by Gasteiger charge is -2.00. The summed E-state index contributed by atoms with van der Waals surface area (Å²) in [6.45, 7) is 0.371. The van der Waals surface area contributed by atoms with Gasteiger partial charge in [-0.3, -0.25) is 14.2 Å². The number of aromatic nitrogens is 2. The van der Waals surface area contributed by atoms with Crippen molar-refractivity contribution < 1.29 is 17.7 Å². The average Bonchev–Trinajstić information content (AvgIpc) is 2.49. The lowest BCUT2D eigenvalue weighted by Crippen LogP contribution is -2.06. The molecule has 0 bridgehead atoms. The number of hydrogen-bond donors (Lipinski definition) is 1. The SMILES string of the molecule is CS(=O)(=O)OCCc1cccnc1.OCCc1cccnc1. The van der Waals surface area contributed by atoms with Crippen LogP contribution in [0.3, 0.4) is 0 Å². The molecule has 22 heavy (non-hydrogen) atoms. The largest absolute Gasteiger partial charge is 0.396 e. The van der Waals surface area contributed by atoms with Gasteiger partial charge in [-0.25, -0.2) is 0 Å². The topological polar surface area (TPSA) is 89.4 Å². The summed E-state index contributed by atoms with van der Waals surface area (Å²) >= 11 is 0. The van der Waals surface area contributed by atoms with Crippen molar-refractivity contribution >= 4 is 10.1 Å². The van der Waals surface area contributed by atoms with Crippen LogP contribution >= 0.6 is 0 Å². The first-order valence-corrected chi connectivity index (χ1v) is 8.56. The predicted molar refractivity (Wildman–Crippen MR) is 83.8 cm³/mol. The third kappa shape index (κ3) is 9.17. The Balaban J connectivity index is 0.000000235. The fraction of sp³-hybridized carbons (Fsp3) is 0.333. The normalized spacial score (nSPS) is 10.6. The molecule has 6 nitrogen and oxygen atoms in total. The van der Waals surface area contributed by atoms with E-state index in [1.807, 2.05) is 18.2 Å². The van der Waals surface area contributed by atoms with E-state index in [1.54, 1.807) is 30.9 Å². The Bertz CT molecular complexity index is 619. The van der Waals surface area contributed by atoms with Crippen LogP contribution < -0.4 is 0 Å². The monoisotopic (exact) mass is 324 g/mol. The van der Waals surface area contributed by atoms with Gasteiger partial charge in [0.05, 0.1) is 12.9 Å². The van der Waals surface area contributed by atoms with Crippen LogP contribution in [0.4, 0.5) is 0 Å². The second-order valence-corrected chi connectivity index (χ2v) is 6.12. The molecule has 2 aromatic rings. The molecule has 0 atom stereocenters. The van der Waals surface area contributed by atoms with Gasteiger partial charge < -0.3 is 5.11 Å². The number of aliphatic hydroxyl groups is 1. The Morgan fingerprint density at radius 2 is 1.59 bits per heavy atom. The van der Waals surface area contributed by atoms with Crippen molar-refractivity contribution in [3.05, 3.63) is 60.2 Å². The molecule has 0 amide bonds. The van der Waals surface area contributed by atoms with Gasteiger partial charge in [0.1, 0.15) is 0 Å². The molecule has 120 valence electrons. The first-order valence-electron chi connectivity index (χ1n) is 6.74. The summed E-state index contributed by atoms with van der Waals surface area (Å²) in [5.74, 6) is 0. The average molecular weight is 324 g/mol. The fourth-order valence-corrected chi connectivity index (χ4v) is 1.92. The highest BCUT2D eigenvalue weighted by atomic mass is 32.2. The molecular weight excluding hydrogens is 304 g/mol. The van der Waals surface area contributed by atoms with E-state index in [2.05, 4.69) is 14.2 Å². The lowest BCUT2D eigenvalue weighted by molar-refractivity contribution is 0.299. The molecule has 2 aromatic heterocycles. The summed E-state index contributed by atoms with van der Waals surface area (Å²) in [7, 11) is -3.31. The molecule has 2 heterocycles. The lowest BCUT2D eigenvalue weighted by atomic mass is 10.2. The maximum Gasteiger partial charge on any atom is 0.264 e. The summed E-state index contributed by atoms with van der Waals surface area (Å²) in [6, 6.07) is 7.49. The Morgan fingerprint density at radius 1 is 1.05 bits per heavy atom. The molecule has 0 saturated heterocycles. The number of pyridine rings is 2. The smallest absolute Gasteiger partial charge is 0.264 e. The van der Waals surface area contributed by atoms with Crippen molar-refractivity contribution in [2.75, 3.05) is 19.5 Å². The second kappa shape index (κ2) is 9.99. The minimum atomic E-state index is -3.31. The van der Waals surface area contributed by atoms with Crippen molar-refractivity contribution in [2.24, 2.45) is 0 Å². The van der Waals surface area contributed by atoms with Crippen LogP contribution in [0.2, 0.25) is 0 Å². The van der Waals surface area contributed by atoms with E-state index in [4.69, 9.17) is 5.11 Å². The number of rotatable bonds is 6. The van der Waals surface area contributed by atoms with E-state index in [0.29, 0.717) is 12.8 Å². The minimum Gasteiger partial charge on any atom is -0.396 e. The van der Waals surface area contributed by atoms with Gasteiger partial charge in [0, 0.05) is 31.4 Å². The van der Waals surface area contributed by atoms with Gasteiger partial charge in [0.2, 0.25) is 0 Å². The Morgan fingerprint density at radius 3 is 2.00 bits per heavy atom. The van der Waals surface area contributed by atoms with E-state index in [9.17, 15) is 8.42 Å². The number of aliphatic hydroxyl groups excluding tert-OH is 1. The maximum absolute atomic E-state index is 10.6. The van der Waals surface area contributed by atoms with E-state index in [-0.39, 0.29) is 13.2 Å². The molecule has 2 rings (SSSR count). The zero-order valence-corrected chi connectivity index (χ0v) is 13.2. The summed E-state index contributed by atoms with van der Waals surface area (Å²) in [5, 5.41) is 8.49. The zero-order chi connectivity index (χ0) is 16.3. The molecule has 0 aliphatic rings. The molecule has 0 spiro atoms. The molecule has 0 fully saturated rings. The molecule has 0 saturated carbocycles. The molecule has 0 unspecified atom stereocenters. The molecule has 7 heteroatoms. The first-order chi connectivity index (χ1) is 10.5. The van der Waals surface area contributed by atoms with Gasteiger partial charge in [0.25, 0.3) is 10.1 Å². The Labute approximate surface area is 131 Å². The standard InChI is InChI=1S/C8H11NO3S.C7H9NO/c1-13(10,11)12-6-4-8-3-2-5-9-7-8;9-5-3-7-2-1-4-8-6-7/h2-3,5,7H,4,6H2,1H3;1-2,4,6,9H,3,5H2. The Kier molecular flexibility index (Phi) is 8.27.